The van der Waals surface area contributed by atoms with Gasteiger partial charge in [0.25, 0.3) is 5.91 Å². The molecular weight excluding hydrogens is 321 g/mol. The van der Waals surface area contributed by atoms with Crippen LogP contribution in [0.15, 0.2) is 65.2 Å². The lowest BCUT2D eigenvalue weighted by atomic mass is 10.1. The standard InChI is InChI=1S/C19H12FN3O2/c20-14-10-11(15-5-1-2-9-22-15)7-8-12(14)19-23-16-6-3-4-13(18(21)24)17(16)25-19/h1-10H,(H2,21,24). The van der Waals surface area contributed by atoms with Gasteiger partial charge in [0, 0.05) is 11.8 Å². The predicted octanol–water partition coefficient (Wildman–Crippen LogP) is 3.79. The zero-order valence-electron chi connectivity index (χ0n) is 12.9. The number of aromatic nitrogens is 2. The van der Waals surface area contributed by atoms with Gasteiger partial charge in [0.1, 0.15) is 11.3 Å². The normalized spacial score (nSPS) is 10.9. The summed E-state index contributed by atoms with van der Waals surface area (Å²) in [7, 11) is 0. The second-order valence-electron chi connectivity index (χ2n) is 5.45. The summed E-state index contributed by atoms with van der Waals surface area (Å²) in [6.45, 7) is 0. The van der Waals surface area contributed by atoms with Gasteiger partial charge in [0.15, 0.2) is 5.58 Å². The van der Waals surface area contributed by atoms with E-state index in [2.05, 4.69) is 9.97 Å². The molecule has 0 fully saturated rings. The highest BCUT2D eigenvalue weighted by molar-refractivity contribution is 6.03. The van der Waals surface area contributed by atoms with E-state index < -0.39 is 11.7 Å². The number of benzene rings is 2. The number of nitrogens with two attached hydrogens (primary N) is 1. The number of carbonyl (C=O) groups excluding carboxylic acids is 1. The van der Waals surface area contributed by atoms with Gasteiger partial charge in [-0.25, -0.2) is 9.37 Å². The first-order valence-electron chi connectivity index (χ1n) is 7.54. The van der Waals surface area contributed by atoms with Gasteiger partial charge in [-0.2, -0.15) is 0 Å². The maximum absolute atomic E-state index is 14.6. The summed E-state index contributed by atoms with van der Waals surface area (Å²) in [6, 6.07) is 15.0. The van der Waals surface area contributed by atoms with Gasteiger partial charge in [0.05, 0.1) is 16.8 Å². The van der Waals surface area contributed by atoms with E-state index in [9.17, 15) is 9.18 Å². The number of primary amides is 1. The number of carbonyl (C=O) groups is 1. The molecule has 0 aliphatic rings. The van der Waals surface area contributed by atoms with E-state index in [4.69, 9.17) is 10.2 Å². The number of rotatable bonds is 3. The van der Waals surface area contributed by atoms with Crippen LogP contribution in [-0.4, -0.2) is 15.9 Å². The van der Waals surface area contributed by atoms with Crippen LogP contribution in [0.4, 0.5) is 4.39 Å². The fraction of sp³-hybridized carbons (Fsp3) is 0. The molecule has 0 bridgehead atoms. The summed E-state index contributed by atoms with van der Waals surface area (Å²) >= 11 is 0. The summed E-state index contributed by atoms with van der Waals surface area (Å²) in [5, 5.41) is 0. The average Bonchev–Trinajstić information content (AvgIpc) is 3.06. The highest BCUT2D eigenvalue weighted by atomic mass is 19.1. The number of halogens is 1. The van der Waals surface area contributed by atoms with Crippen molar-refractivity contribution in [3.05, 3.63) is 72.2 Å². The lowest BCUT2D eigenvalue weighted by Gasteiger charge is -2.03. The second kappa shape index (κ2) is 5.83. The number of para-hydroxylation sites is 1. The van der Waals surface area contributed by atoms with Crippen molar-refractivity contribution in [2.24, 2.45) is 5.73 Å². The van der Waals surface area contributed by atoms with Crippen LogP contribution in [0.1, 0.15) is 10.4 Å². The Hall–Kier alpha value is -3.54. The Morgan fingerprint density at radius 3 is 2.68 bits per heavy atom. The molecule has 0 atom stereocenters. The molecule has 1 amide bonds. The first-order valence-corrected chi connectivity index (χ1v) is 7.54. The van der Waals surface area contributed by atoms with Crippen molar-refractivity contribution in [1.82, 2.24) is 9.97 Å². The van der Waals surface area contributed by atoms with E-state index in [0.717, 1.165) is 0 Å². The third kappa shape index (κ3) is 2.63. The lowest BCUT2D eigenvalue weighted by Crippen LogP contribution is -2.10. The van der Waals surface area contributed by atoms with Crippen molar-refractivity contribution in [3.8, 4) is 22.7 Å². The highest BCUT2D eigenvalue weighted by Gasteiger charge is 2.17. The monoisotopic (exact) mass is 333 g/mol. The van der Waals surface area contributed by atoms with Crippen molar-refractivity contribution in [2.75, 3.05) is 0 Å². The molecule has 2 N–H and O–H groups in total. The summed E-state index contributed by atoms with van der Waals surface area (Å²) in [4.78, 5) is 19.9. The molecule has 2 aromatic heterocycles. The fourth-order valence-corrected chi connectivity index (χ4v) is 2.64. The van der Waals surface area contributed by atoms with E-state index in [0.29, 0.717) is 16.8 Å². The van der Waals surface area contributed by atoms with E-state index in [1.807, 2.05) is 6.07 Å². The van der Waals surface area contributed by atoms with E-state index in [1.54, 1.807) is 48.7 Å². The molecule has 0 aliphatic heterocycles. The number of pyridine rings is 1. The van der Waals surface area contributed by atoms with E-state index in [-0.39, 0.29) is 22.6 Å². The minimum absolute atomic E-state index is 0.0915. The summed E-state index contributed by atoms with van der Waals surface area (Å²) < 4.78 is 20.2. The molecule has 2 aromatic carbocycles. The molecule has 4 aromatic rings. The molecule has 5 nitrogen and oxygen atoms in total. The largest absolute Gasteiger partial charge is 0.435 e. The Kier molecular flexibility index (Phi) is 3.50. The summed E-state index contributed by atoms with van der Waals surface area (Å²) in [5.74, 6) is -1.02. The summed E-state index contributed by atoms with van der Waals surface area (Å²) in [6.07, 6.45) is 1.65. The zero-order chi connectivity index (χ0) is 17.4. The fourth-order valence-electron chi connectivity index (χ4n) is 2.64. The third-order valence-corrected chi connectivity index (χ3v) is 3.84. The molecule has 25 heavy (non-hydrogen) atoms. The molecule has 4 rings (SSSR count). The molecule has 6 heteroatoms. The quantitative estimate of drug-likeness (QED) is 0.618. The van der Waals surface area contributed by atoms with Crippen molar-refractivity contribution in [1.29, 1.82) is 0 Å². The van der Waals surface area contributed by atoms with Gasteiger partial charge >= 0.3 is 0 Å². The van der Waals surface area contributed by atoms with Crippen molar-refractivity contribution < 1.29 is 13.6 Å². The van der Waals surface area contributed by atoms with Crippen LogP contribution in [0, 0.1) is 5.82 Å². The number of oxazole rings is 1. The number of nitrogens with zero attached hydrogens (tertiary/aromatic N) is 2. The molecule has 0 aliphatic carbocycles. The van der Waals surface area contributed by atoms with Crippen LogP contribution in [0.25, 0.3) is 33.8 Å². The van der Waals surface area contributed by atoms with Gasteiger partial charge in [0.2, 0.25) is 5.89 Å². The van der Waals surface area contributed by atoms with Crippen LogP contribution in [0.2, 0.25) is 0 Å². The Bertz CT molecular complexity index is 1090. The maximum Gasteiger partial charge on any atom is 0.252 e. The van der Waals surface area contributed by atoms with Gasteiger partial charge in [-0.1, -0.05) is 18.2 Å². The van der Waals surface area contributed by atoms with Crippen LogP contribution in [0.3, 0.4) is 0 Å². The smallest absolute Gasteiger partial charge is 0.252 e. The van der Waals surface area contributed by atoms with Crippen molar-refractivity contribution in [2.45, 2.75) is 0 Å². The minimum Gasteiger partial charge on any atom is -0.435 e. The molecule has 0 radical (unpaired) electrons. The average molecular weight is 333 g/mol. The number of hydrogen-bond donors (Lipinski definition) is 1. The zero-order valence-corrected chi connectivity index (χ0v) is 12.9. The Morgan fingerprint density at radius 1 is 1.08 bits per heavy atom. The highest BCUT2D eigenvalue weighted by Crippen LogP contribution is 2.30. The van der Waals surface area contributed by atoms with Crippen LogP contribution in [-0.2, 0) is 0 Å². The number of hydrogen-bond acceptors (Lipinski definition) is 4. The van der Waals surface area contributed by atoms with Crippen LogP contribution >= 0.6 is 0 Å². The minimum atomic E-state index is -0.626. The third-order valence-electron chi connectivity index (χ3n) is 3.84. The van der Waals surface area contributed by atoms with E-state index in [1.165, 1.54) is 6.07 Å². The first-order chi connectivity index (χ1) is 12.1. The number of fused-ring (bicyclic) bond motifs is 1. The molecule has 0 spiro atoms. The van der Waals surface area contributed by atoms with Crippen molar-refractivity contribution in [3.63, 3.8) is 0 Å². The predicted molar refractivity (Wildman–Crippen MR) is 91.2 cm³/mol. The second-order valence-corrected chi connectivity index (χ2v) is 5.45. The van der Waals surface area contributed by atoms with Gasteiger partial charge in [-0.05, 0) is 36.4 Å². The Labute approximate surface area is 141 Å². The van der Waals surface area contributed by atoms with Crippen molar-refractivity contribution >= 4 is 17.0 Å². The molecule has 0 unspecified atom stereocenters. The van der Waals surface area contributed by atoms with Gasteiger partial charge in [-0.3, -0.25) is 9.78 Å². The lowest BCUT2D eigenvalue weighted by molar-refractivity contribution is 0.100. The first kappa shape index (κ1) is 15.0. The SMILES string of the molecule is NC(=O)c1cccc2nc(-c3ccc(-c4ccccn4)cc3F)oc12. The molecule has 122 valence electrons. The van der Waals surface area contributed by atoms with Crippen LogP contribution in [0.5, 0.6) is 0 Å². The van der Waals surface area contributed by atoms with Gasteiger partial charge < -0.3 is 10.2 Å². The molecule has 0 saturated heterocycles. The molecule has 2 heterocycles. The summed E-state index contributed by atoms with van der Waals surface area (Å²) in [5.41, 5.74) is 7.75. The molecule has 0 saturated carbocycles. The van der Waals surface area contributed by atoms with Crippen LogP contribution < -0.4 is 5.73 Å². The topological polar surface area (TPSA) is 82.0 Å². The van der Waals surface area contributed by atoms with Gasteiger partial charge in [-0.15, -0.1) is 0 Å². The number of amides is 1. The molecular formula is C19H12FN3O2. The Balaban J connectivity index is 1.81. The Morgan fingerprint density at radius 2 is 1.96 bits per heavy atom. The van der Waals surface area contributed by atoms with E-state index >= 15 is 0 Å². The maximum atomic E-state index is 14.6.